The van der Waals surface area contributed by atoms with Crippen LogP contribution in [-0.4, -0.2) is 39.4 Å². The lowest BCUT2D eigenvalue weighted by Crippen LogP contribution is -2.06. The molecular weight excluding hydrogens is 298 g/mol. The number of carbonyl (C=O) groups is 1. The number of benzene rings is 1. The van der Waals surface area contributed by atoms with Crippen molar-refractivity contribution in [1.29, 1.82) is 0 Å². The van der Waals surface area contributed by atoms with E-state index in [1.54, 1.807) is 6.07 Å². The third-order valence-electron chi connectivity index (χ3n) is 2.96. The van der Waals surface area contributed by atoms with Crippen molar-refractivity contribution in [1.82, 2.24) is 4.98 Å². The van der Waals surface area contributed by atoms with E-state index in [4.69, 9.17) is 25.8 Å². The van der Waals surface area contributed by atoms with Crippen molar-refractivity contribution in [3.63, 3.8) is 0 Å². The molecule has 0 saturated carbocycles. The van der Waals surface area contributed by atoms with Gasteiger partial charge in [-0.05, 0) is 0 Å². The molecule has 6 nitrogen and oxygen atoms in total. The van der Waals surface area contributed by atoms with E-state index >= 15 is 0 Å². The van der Waals surface area contributed by atoms with Crippen molar-refractivity contribution in [2.24, 2.45) is 0 Å². The van der Waals surface area contributed by atoms with Crippen molar-refractivity contribution in [3.05, 3.63) is 22.8 Å². The highest BCUT2D eigenvalue weighted by atomic mass is 35.5. The first kappa shape index (κ1) is 15.2. The van der Waals surface area contributed by atoms with Crippen LogP contribution in [0.1, 0.15) is 10.5 Å². The van der Waals surface area contributed by atoms with E-state index in [2.05, 4.69) is 9.72 Å². The molecule has 1 aromatic heterocycles. The molecule has 0 radical (unpaired) electrons. The zero-order valence-corrected chi connectivity index (χ0v) is 12.8. The number of aromatic nitrogens is 1. The van der Waals surface area contributed by atoms with Crippen molar-refractivity contribution in [2.75, 3.05) is 28.4 Å². The van der Waals surface area contributed by atoms with Gasteiger partial charge in [0, 0.05) is 12.1 Å². The molecule has 0 amide bonds. The second kappa shape index (κ2) is 6.05. The van der Waals surface area contributed by atoms with Crippen LogP contribution in [0.4, 0.5) is 0 Å². The fraction of sp³-hybridized carbons (Fsp3) is 0.286. The maximum absolute atomic E-state index is 11.7. The SMILES string of the molecule is COC(=O)c1cc(OC)c2c(OC)c(Cl)cc(OC)c2n1. The van der Waals surface area contributed by atoms with E-state index in [1.807, 2.05) is 0 Å². The number of carbonyl (C=O) groups excluding carboxylic acids is 1. The summed E-state index contributed by atoms with van der Waals surface area (Å²) >= 11 is 6.17. The first-order chi connectivity index (χ1) is 10.1. The van der Waals surface area contributed by atoms with Crippen LogP contribution in [0.5, 0.6) is 17.2 Å². The second-order valence-electron chi connectivity index (χ2n) is 4.02. The van der Waals surface area contributed by atoms with Crippen LogP contribution in [0.2, 0.25) is 5.02 Å². The van der Waals surface area contributed by atoms with Gasteiger partial charge >= 0.3 is 5.97 Å². The van der Waals surface area contributed by atoms with Gasteiger partial charge in [-0.2, -0.15) is 0 Å². The smallest absolute Gasteiger partial charge is 0.356 e. The van der Waals surface area contributed by atoms with Gasteiger partial charge in [0.05, 0.1) is 38.8 Å². The molecule has 2 aromatic rings. The van der Waals surface area contributed by atoms with Crippen LogP contribution in [0, 0.1) is 0 Å². The average molecular weight is 312 g/mol. The van der Waals surface area contributed by atoms with Crippen molar-refractivity contribution in [3.8, 4) is 17.2 Å². The fourth-order valence-corrected chi connectivity index (χ4v) is 2.28. The second-order valence-corrected chi connectivity index (χ2v) is 4.43. The summed E-state index contributed by atoms with van der Waals surface area (Å²) in [4.78, 5) is 16.0. The molecule has 7 heteroatoms. The molecule has 21 heavy (non-hydrogen) atoms. The molecule has 0 fully saturated rings. The van der Waals surface area contributed by atoms with Crippen LogP contribution in [0.25, 0.3) is 10.9 Å². The number of fused-ring (bicyclic) bond motifs is 1. The van der Waals surface area contributed by atoms with Crippen LogP contribution in [0.3, 0.4) is 0 Å². The first-order valence-corrected chi connectivity index (χ1v) is 6.32. The summed E-state index contributed by atoms with van der Waals surface area (Å²) in [5.74, 6) is 0.609. The number of rotatable bonds is 4. The minimum Gasteiger partial charge on any atom is -0.496 e. The van der Waals surface area contributed by atoms with Crippen LogP contribution in [-0.2, 0) is 4.74 Å². The van der Waals surface area contributed by atoms with Crippen LogP contribution >= 0.6 is 11.6 Å². The van der Waals surface area contributed by atoms with Gasteiger partial charge in [-0.25, -0.2) is 9.78 Å². The summed E-state index contributed by atoms with van der Waals surface area (Å²) in [5, 5.41) is 0.879. The number of methoxy groups -OCH3 is 4. The predicted molar refractivity (Wildman–Crippen MR) is 77.7 cm³/mol. The van der Waals surface area contributed by atoms with E-state index in [0.717, 1.165) is 0 Å². The quantitative estimate of drug-likeness (QED) is 0.809. The molecule has 0 aliphatic heterocycles. The van der Waals surface area contributed by atoms with E-state index in [9.17, 15) is 4.79 Å². The van der Waals surface area contributed by atoms with Gasteiger partial charge in [0.15, 0.2) is 11.4 Å². The van der Waals surface area contributed by atoms with Crippen LogP contribution in [0.15, 0.2) is 12.1 Å². The van der Waals surface area contributed by atoms with E-state index < -0.39 is 5.97 Å². The topological polar surface area (TPSA) is 66.9 Å². The Labute approximate surface area is 126 Å². The number of nitrogens with zero attached hydrogens (tertiary/aromatic N) is 1. The lowest BCUT2D eigenvalue weighted by Gasteiger charge is -2.14. The van der Waals surface area contributed by atoms with Gasteiger partial charge in [0.2, 0.25) is 0 Å². The Morgan fingerprint density at radius 2 is 1.71 bits per heavy atom. The molecular formula is C14H14ClNO5. The largest absolute Gasteiger partial charge is 0.496 e. The fourth-order valence-electron chi connectivity index (χ4n) is 2.01. The Kier molecular flexibility index (Phi) is 4.37. The molecule has 0 spiro atoms. The Morgan fingerprint density at radius 3 is 2.24 bits per heavy atom. The van der Waals surface area contributed by atoms with Gasteiger partial charge in [-0.3, -0.25) is 0 Å². The van der Waals surface area contributed by atoms with Crippen molar-refractivity contribution < 1.29 is 23.7 Å². The lowest BCUT2D eigenvalue weighted by molar-refractivity contribution is 0.0594. The zero-order valence-electron chi connectivity index (χ0n) is 12.0. The maximum Gasteiger partial charge on any atom is 0.356 e. The van der Waals surface area contributed by atoms with Crippen molar-refractivity contribution >= 4 is 28.5 Å². The third kappa shape index (κ3) is 2.54. The van der Waals surface area contributed by atoms with Gasteiger partial charge < -0.3 is 18.9 Å². The minimum atomic E-state index is -0.578. The molecule has 0 aliphatic carbocycles. The van der Waals surface area contributed by atoms with Gasteiger partial charge in [-0.15, -0.1) is 0 Å². The molecule has 2 rings (SSSR count). The summed E-state index contributed by atoms with van der Waals surface area (Å²) in [6.07, 6.45) is 0. The number of pyridine rings is 1. The summed E-state index contributed by atoms with van der Waals surface area (Å²) in [6.45, 7) is 0. The highest BCUT2D eigenvalue weighted by molar-refractivity contribution is 6.33. The zero-order chi connectivity index (χ0) is 15.6. The highest BCUT2D eigenvalue weighted by Gasteiger charge is 2.21. The highest BCUT2D eigenvalue weighted by Crippen LogP contribution is 2.43. The molecule has 0 bridgehead atoms. The molecule has 112 valence electrons. The molecule has 0 atom stereocenters. The number of esters is 1. The lowest BCUT2D eigenvalue weighted by atomic mass is 10.1. The van der Waals surface area contributed by atoms with E-state index in [-0.39, 0.29) is 5.69 Å². The number of ether oxygens (including phenoxy) is 4. The summed E-state index contributed by atoms with van der Waals surface area (Å²) in [7, 11) is 5.72. The molecule has 1 heterocycles. The van der Waals surface area contributed by atoms with Gasteiger partial charge in [0.1, 0.15) is 17.0 Å². The monoisotopic (exact) mass is 311 g/mol. The molecule has 0 aliphatic rings. The molecule has 0 N–H and O–H groups in total. The minimum absolute atomic E-state index is 0.101. The van der Waals surface area contributed by atoms with E-state index in [0.29, 0.717) is 33.2 Å². The molecule has 0 unspecified atom stereocenters. The average Bonchev–Trinajstić information content (AvgIpc) is 2.52. The Morgan fingerprint density at radius 1 is 1.05 bits per heavy atom. The first-order valence-electron chi connectivity index (χ1n) is 5.94. The van der Waals surface area contributed by atoms with Crippen molar-refractivity contribution in [2.45, 2.75) is 0 Å². The van der Waals surface area contributed by atoms with Gasteiger partial charge in [-0.1, -0.05) is 11.6 Å². The Bertz CT molecular complexity index is 702. The predicted octanol–water partition coefficient (Wildman–Crippen LogP) is 2.70. The molecule has 0 saturated heterocycles. The van der Waals surface area contributed by atoms with E-state index in [1.165, 1.54) is 34.5 Å². The van der Waals surface area contributed by atoms with Crippen LogP contribution < -0.4 is 14.2 Å². The summed E-state index contributed by atoms with van der Waals surface area (Å²) in [5.41, 5.74) is 0.503. The van der Waals surface area contributed by atoms with Gasteiger partial charge in [0.25, 0.3) is 0 Å². The number of hydrogen-bond donors (Lipinski definition) is 0. The normalized spacial score (nSPS) is 10.3. The summed E-state index contributed by atoms with van der Waals surface area (Å²) < 4.78 is 20.6. The third-order valence-corrected chi connectivity index (χ3v) is 3.24. The Hall–Kier alpha value is -2.21. The number of halogens is 1. The Balaban J connectivity index is 2.92. The summed E-state index contributed by atoms with van der Waals surface area (Å²) in [6, 6.07) is 3.03. The standard InChI is InChI=1S/C14H14ClNO5/c1-18-9-6-8(14(17)21-4)16-12-10(19-2)5-7(15)13(20-3)11(9)12/h5-6H,1-4H3. The maximum atomic E-state index is 11.7. The number of hydrogen-bond acceptors (Lipinski definition) is 6. The molecule has 1 aromatic carbocycles.